The lowest BCUT2D eigenvalue weighted by molar-refractivity contribution is 0.0798. The first-order valence-electron chi connectivity index (χ1n) is 10.0. The summed E-state index contributed by atoms with van der Waals surface area (Å²) >= 11 is 3.43. The van der Waals surface area contributed by atoms with E-state index in [-0.39, 0.29) is 0 Å². The van der Waals surface area contributed by atoms with Crippen molar-refractivity contribution in [3.8, 4) is 0 Å². The Morgan fingerprint density at radius 2 is 1.78 bits per heavy atom. The van der Waals surface area contributed by atoms with Gasteiger partial charge >= 0.3 is 0 Å². The van der Waals surface area contributed by atoms with E-state index < -0.39 is 8.07 Å². The Kier molecular flexibility index (Phi) is 5.45. The molecular formula is C20H29BrN4OSi. The number of fused-ring (bicyclic) bond motifs is 2. The van der Waals surface area contributed by atoms with Crippen molar-refractivity contribution < 1.29 is 4.74 Å². The topological polar surface area (TPSA) is 52.0 Å². The second-order valence-corrected chi connectivity index (χ2v) is 15.2. The maximum absolute atomic E-state index is 5.91. The summed E-state index contributed by atoms with van der Waals surface area (Å²) < 4.78 is 8.34. The molecule has 2 aliphatic rings. The van der Waals surface area contributed by atoms with Gasteiger partial charge < -0.3 is 10.1 Å². The number of hydrogen-bond acceptors (Lipinski definition) is 4. The monoisotopic (exact) mass is 448 g/mol. The molecule has 146 valence electrons. The van der Waals surface area contributed by atoms with E-state index >= 15 is 0 Å². The summed E-state index contributed by atoms with van der Waals surface area (Å²) in [7, 11) is -1.08. The molecule has 0 unspecified atom stereocenters. The van der Waals surface area contributed by atoms with Gasteiger partial charge in [-0.15, -0.1) is 5.10 Å². The molecule has 0 saturated heterocycles. The average molecular weight is 449 g/mol. The molecular weight excluding hydrogens is 420 g/mol. The number of nitrogens with zero attached hydrogens (tertiary/aromatic N) is 3. The van der Waals surface area contributed by atoms with Gasteiger partial charge in [0.2, 0.25) is 10.7 Å². The van der Waals surface area contributed by atoms with Crippen molar-refractivity contribution in [1.29, 1.82) is 0 Å². The van der Waals surface area contributed by atoms with Crippen LogP contribution in [0, 0.1) is 0 Å². The molecule has 1 aromatic carbocycles. The van der Waals surface area contributed by atoms with Crippen molar-refractivity contribution in [2.45, 2.75) is 70.9 Å². The van der Waals surface area contributed by atoms with Crippen molar-refractivity contribution in [2.75, 3.05) is 11.9 Å². The first kappa shape index (κ1) is 19.1. The standard InChI is InChI=1S/C20H29BrN4OSi/c1-27(2,3)11-10-26-13-25-20(23-19(21)24-25)22-18-16-8-4-6-14(16)12-15-7-5-9-17(15)18/h12H,4-11,13H2,1-3H3,(H,22,23,24). The largest absolute Gasteiger partial charge is 0.359 e. The molecule has 27 heavy (non-hydrogen) atoms. The summed E-state index contributed by atoms with van der Waals surface area (Å²) in [5, 5.41) is 8.11. The van der Waals surface area contributed by atoms with Crippen LogP contribution < -0.4 is 5.32 Å². The van der Waals surface area contributed by atoms with Crippen molar-refractivity contribution in [3.05, 3.63) is 33.1 Å². The SMILES string of the molecule is C[Si](C)(C)CCOCn1nc(Br)nc1Nc1c2c(cc3c1CCC3)CCC2. The van der Waals surface area contributed by atoms with Gasteiger partial charge in [0.05, 0.1) is 0 Å². The van der Waals surface area contributed by atoms with Gasteiger partial charge in [-0.1, -0.05) is 25.7 Å². The van der Waals surface area contributed by atoms with E-state index in [0.29, 0.717) is 11.5 Å². The van der Waals surface area contributed by atoms with Crippen LogP contribution in [0.25, 0.3) is 0 Å². The summed E-state index contributed by atoms with van der Waals surface area (Å²) in [6, 6.07) is 3.61. The highest BCUT2D eigenvalue weighted by Crippen LogP contribution is 2.39. The van der Waals surface area contributed by atoms with Gasteiger partial charge in [0.1, 0.15) is 6.73 Å². The molecule has 7 heteroatoms. The lowest BCUT2D eigenvalue weighted by atomic mass is 9.99. The zero-order valence-electron chi connectivity index (χ0n) is 16.6. The van der Waals surface area contributed by atoms with Gasteiger partial charge in [0.25, 0.3) is 0 Å². The summed E-state index contributed by atoms with van der Waals surface area (Å²) in [4.78, 5) is 4.57. The van der Waals surface area contributed by atoms with E-state index in [0.717, 1.165) is 31.4 Å². The predicted molar refractivity (Wildman–Crippen MR) is 116 cm³/mol. The molecule has 1 aromatic heterocycles. The fourth-order valence-electron chi connectivity index (χ4n) is 4.11. The van der Waals surface area contributed by atoms with Crippen molar-refractivity contribution in [3.63, 3.8) is 0 Å². The van der Waals surface area contributed by atoms with E-state index in [1.165, 1.54) is 53.6 Å². The molecule has 1 N–H and O–H groups in total. The Morgan fingerprint density at radius 3 is 2.41 bits per heavy atom. The first-order valence-corrected chi connectivity index (χ1v) is 14.5. The number of rotatable bonds is 7. The zero-order chi connectivity index (χ0) is 19.0. The van der Waals surface area contributed by atoms with Crippen LogP contribution in [0.5, 0.6) is 0 Å². The van der Waals surface area contributed by atoms with E-state index in [1.54, 1.807) is 0 Å². The van der Waals surface area contributed by atoms with Crippen LogP contribution in [0.1, 0.15) is 35.1 Å². The number of aryl methyl sites for hydroxylation is 2. The smallest absolute Gasteiger partial charge is 0.228 e. The number of aromatic nitrogens is 3. The summed E-state index contributed by atoms with van der Waals surface area (Å²) in [6.45, 7) is 8.31. The Hall–Kier alpha value is -1.18. The molecule has 1 heterocycles. The molecule has 2 aliphatic carbocycles. The van der Waals surface area contributed by atoms with Crippen LogP contribution in [0.4, 0.5) is 11.6 Å². The Bertz CT molecular complexity index is 811. The van der Waals surface area contributed by atoms with E-state index in [4.69, 9.17) is 4.74 Å². The van der Waals surface area contributed by atoms with Crippen molar-refractivity contribution in [2.24, 2.45) is 0 Å². The molecule has 0 atom stereocenters. The fraction of sp³-hybridized carbons (Fsp3) is 0.600. The second-order valence-electron chi connectivity index (χ2n) is 8.91. The summed E-state index contributed by atoms with van der Waals surface area (Å²) in [6.07, 6.45) is 7.23. The molecule has 0 spiro atoms. The van der Waals surface area contributed by atoms with Crippen LogP contribution in [-0.4, -0.2) is 29.4 Å². The van der Waals surface area contributed by atoms with Crippen LogP contribution in [-0.2, 0) is 37.2 Å². The normalized spacial score (nSPS) is 15.9. The minimum atomic E-state index is -1.08. The molecule has 5 nitrogen and oxygen atoms in total. The third kappa shape index (κ3) is 4.30. The van der Waals surface area contributed by atoms with E-state index in [2.05, 4.69) is 57.0 Å². The first-order chi connectivity index (χ1) is 12.9. The molecule has 0 saturated carbocycles. The lowest BCUT2D eigenvalue weighted by Crippen LogP contribution is -2.22. The molecule has 0 aliphatic heterocycles. The van der Waals surface area contributed by atoms with Gasteiger partial charge in [0.15, 0.2) is 0 Å². The Morgan fingerprint density at radius 1 is 1.11 bits per heavy atom. The highest BCUT2D eigenvalue weighted by Gasteiger charge is 2.25. The molecule has 0 bridgehead atoms. The van der Waals surface area contributed by atoms with Gasteiger partial charge in [0, 0.05) is 20.4 Å². The second kappa shape index (κ2) is 7.68. The third-order valence-electron chi connectivity index (χ3n) is 5.57. The van der Waals surface area contributed by atoms with Gasteiger partial charge in [-0.3, -0.25) is 0 Å². The highest BCUT2D eigenvalue weighted by atomic mass is 79.9. The third-order valence-corrected chi connectivity index (χ3v) is 7.61. The number of hydrogen-bond donors (Lipinski definition) is 1. The van der Waals surface area contributed by atoms with Gasteiger partial charge in [-0.05, 0) is 82.8 Å². The van der Waals surface area contributed by atoms with Gasteiger partial charge in [-0.2, -0.15) is 4.98 Å². The Balaban J connectivity index is 1.54. The lowest BCUT2D eigenvalue weighted by Gasteiger charge is -2.18. The van der Waals surface area contributed by atoms with Crippen LogP contribution in [0.3, 0.4) is 0 Å². The number of benzene rings is 1. The maximum atomic E-state index is 5.91. The average Bonchev–Trinajstić information content (AvgIpc) is 3.30. The van der Waals surface area contributed by atoms with Crippen LogP contribution in [0.15, 0.2) is 10.8 Å². The fourth-order valence-corrected chi connectivity index (χ4v) is 5.22. The number of anilines is 2. The number of halogens is 1. The van der Waals surface area contributed by atoms with E-state index in [9.17, 15) is 0 Å². The minimum Gasteiger partial charge on any atom is -0.359 e. The number of ether oxygens (including phenoxy) is 1. The summed E-state index contributed by atoms with van der Waals surface area (Å²) in [5.74, 6) is 0.768. The van der Waals surface area contributed by atoms with Crippen molar-refractivity contribution in [1.82, 2.24) is 14.8 Å². The van der Waals surface area contributed by atoms with Gasteiger partial charge in [-0.25, -0.2) is 4.68 Å². The number of nitrogens with one attached hydrogen (secondary N) is 1. The molecule has 0 radical (unpaired) electrons. The molecule has 0 amide bonds. The molecule has 2 aromatic rings. The van der Waals surface area contributed by atoms with Crippen molar-refractivity contribution >= 4 is 35.6 Å². The summed E-state index contributed by atoms with van der Waals surface area (Å²) in [5.41, 5.74) is 7.31. The van der Waals surface area contributed by atoms with Crippen LogP contribution >= 0.6 is 15.9 Å². The predicted octanol–water partition coefficient (Wildman–Crippen LogP) is 5.07. The molecule has 4 rings (SSSR count). The minimum absolute atomic E-state index is 0.433. The quantitative estimate of drug-likeness (QED) is 0.474. The Labute approximate surface area is 171 Å². The van der Waals surface area contributed by atoms with E-state index in [1.807, 2.05) is 4.68 Å². The van der Waals surface area contributed by atoms with Crippen LogP contribution in [0.2, 0.25) is 25.7 Å². The highest BCUT2D eigenvalue weighted by molar-refractivity contribution is 9.10. The zero-order valence-corrected chi connectivity index (χ0v) is 19.2. The molecule has 0 fully saturated rings. The maximum Gasteiger partial charge on any atom is 0.228 e.